The Morgan fingerprint density at radius 2 is 1.97 bits per heavy atom. The van der Waals surface area contributed by atoms with E-state index in [1.807, 2.05) is 18.3 Å². The molecule has 4 heterocycles. The van der Waals surface area contributed by atoms with Gasteiger partial charge in [0.05, 0.1) is 23.2 Å². The van der Waals surface area contributed by atoms with Crippen molar-refractivity contribution in [3.63, 3.8) is 0 Å². The average molecular weight is 528 g/mol. The zero-order valence-corrected chi connectivity index (χ0v) is 21.2. The third-order valence-corrected chi connectivity index (χ3v) is 7.99. The lowest BCUT2D eigenvalue weighted by atomic mass is 9.98. The molecule has 2 aromatic heterocycles. The van der Waals surface area contributed by atoms with E-state index in [0.29, 0.717) is 31.1 Å². The molecular weight excluding hydrogens is 499 g/mol. The van der Waals surface area contributed by atoms with Crippen LogP contribution in [0.3, 0.4) is 0 Å². The molecule has 1 fully saturated rings. The van der Waals surface area contributed by atoms with Crippen LogP contribution in [0.15, 0.2) is 35.8 Å². The fraction of sp³-hybridized carbons (Fsp3) is 0.423. The molecule has 0 bridgehead atoms. The molecule has 0 amide bonds. The summed E-state index contributed by atoms with van der Waals surface area (Å²) in [6.45, 7) is 4.62. The zero-order chi connectivity index (χ0) is 26.0. The molecule has 1 unspecified atom stereocenters. The number of benzene rings is 1. The number of likely N-dealkylation sites (tertiary alicyclic amines) is 1. The molecule has 1 atom stereocenters. The molecule has 194 valence electrons. The minimum Gasteiger partial charge on any atom is -0.376 e. The first-order valence-corrected chi connectivity index (χ1v) is 13.1. The highest BCUT2D eigenvalue weighted by Gasteiger charge is 2.34. The van der Waals surface area contributed by atoms with E-state index in [2.05, 4.69) is 38.1 Å². The van der Waals surface area contributed by atoms with Crippen LogP contribution >= 0.6 is 11.3 Å². The summed E-state index contributed by atoms with van der Waals surface area (Å²) in [6, 6.07) is 9.43. The summed E-state index contributed by atoms with van der Waals surface area (Å²) in [4.78, 5) is 7.08. The fourth-order valence-electron chi connectivity index (χ4n) is 4.88. The van der Waals surface area contributed by atoms with Crippen LogP contribution in [0.5, 0.6) is 0 Å². The topological polar surface area (TPSA) is 81.8 Å². The van der Waals surface area contributed by atoms with Crippen LogP contribution in [0.1, 0.15) is 63.7 Å². The van der Waals surface area contributed by atoms with Crippen molar-refractivity contribution in [3.8, 4) is 6.07 Å². The van der Waals surface area contributed by atoms with E-state index in [1.54, 1.807) is 24.5 Å². The van der Waals surface area contributed by atoms with Gasteiger partial charge in [-0.15, -0.1) is 11.3 Å². The van der Waals surface area contributed by atoms with E-state index in [0.717, 1.165) is 48.3 Å². The van der Waals surface area contributed by atoms with Crippen LogP contribution in [-0.2, 0) is 25.7 Å². The van der Waals surface area contributed by atoms with Crippen molar-refractivity contribution in [3.05, 3.63) is 74.6 Å². The second-order valence-corrected chi connectivity index (χ2v) is 10.3. The van der Waals surface area contributed by atoms with E-state index in [1.165, 1.54) is 15.8 Å². The van der Waals surface area contributed by atoms with Crippen LogP contribution in [0.25, 0.3) is 6.20 Å². The maximum Gasteiger partial charge on any atom is 0.435 e. The summed E-state index contributed by atoms with van der Waals surface area (Å²) in [6.07, 6.45) is 1.17. The number of alkyl halides is 3. The number of thiazole rings is 1. The SMILES string of the molecule is Cc1cc(C(F)(F)F)nn1C=CN1CCC(c2nc(C3NCc4cccc(CC#N)c4CN3)cs2)CC1. The predicted octanol–water partition coefficient (Wildman–Crippen LogP) is 4.93. The molecular formula is C26H28F3N7S. The number of nitrogens with zero attached hydrogens (tertiary/aromatic N) is 5. The second kappa shape index (κ2) is 10.7. The first-order valence-electron chi connectivity index (χ1n) is 12.3. The molecule has 1 saturated heterocycles. The third kappa shape index (κ3) is 5.71. The molecule has 0 radical (unpaired) electrons. The number of aromatic nitrogens is 3. The molecule has 2 aliphatic heterocycles. The first-order chi connectivity index (χ1) is 17.8. The number of fused-ring (bicyclic) bond motifs is 1. The van der Waals surface area contributed by atoms with Crippen molar-refractivity contribution in [2.45, 2.75) is 57.5 Å². The maximum atomic E-state index is 12.9. The Hall–Kier alpha value is -3.20. The summed E-state index contributed by atoms with van der Waals surface area (Å²) in [5, 5.41) is 23.1. The molecule has 0 spiro atoms. The Morgan fingerprint density at radius 1 is 1.19 bits per heavy atom. The molecule has 0 saturated carbocycles. The highest BCUT2D eigenvalue weighted by molar-refractivity contribution is 7.09. The van der Waals surface area contributed by atoms with Gasteiger partial charge in [0.2, 0.25) is 0 Å². The Kier molecular flexibility index (Phi) is 7.33. The molecule has 11 heteroatoms. The lowest BCUT2D eigenvalue weighted by Gasteiger charge is -2.30. The summed E-state index contributed by atoms with van der Waals surface area (Å²) in [5.74, 6) is 0.358. The van der Waals surface area contributed by atoms with Gasteiger partial charge in [0.1, 0.15) is 6.17 Å². The summed E-state index contributed by atoms with van der Waals surface area (Å²) < 4.78 is 40.0. The van der Waals surface area contributed by atoms with Crippen molar-refractivity contribution in [1.29, 1.82) is 5.26 Å². The number of aryl methyl sites for hydroxylation is 1. The first kappa shape index (κ1) is 25.4. The number of hydrogen-bond acceptors (Lipinski definition) is 7. The second-order valence-electron chi connectivity index (χ2n) is 9.42. The van der Waals surface area contributed by atoms with E-state index >= 15 is 0 Å². The highest BCUT2D eigenvalue weighted by atomic mass is 32.1. The van der Waals surface area contributed by atoms with E-state index in [4.69, 9.17) is 10.2 Å². The lowest BCUT2D eigenvalue weighted by molar-refractivity contribution is -0.141. The average Bonchev–Trinajstić information content (AvgIpc) is 3.45. The number of piperidine rings is 1. The Bertz CT molecular complexity index is 1310. The summed E-state index contributed by atoms with van der Waals surface area (Å²) >= 11 is 1.68. The van der Waals surface area contributed by atoms with Crippen molar-refractivity contribution >= 4 is 17.5 Å². The molecule has 7 nitrogen and oxygen atoms in total. The Labute approximate surface area is 217 Å². The summed E-state index contributed by atoms with van der Waals surface area (Å²) in [5.41, 5.74) is 4.01. The van der Waals surface area contributed by atoms with Gasteiger partial charge in [0.15, 0.2) is 5.69 Å². The largest absolute Gasteiger partial charge is 0.435 e. The van der Waals surface area contributed by atoms with E-state index < -0.39 is 11.9 Å². The smallest absolute Gasteiger partial charge is 0.376 e. The lowest BCUT2D eigenvalue weighted by Crippen LogP contribution is -2.31. The van der Waals surface area contributed by atoms with E-state index in [9.17, 15) is 13.2 Å². The predicted molar refractivity (Wildman–Crippen MR) is 135 cm³/mol. The van der Waals surface area contributed by atoms with Gasteiger partial charge in [-0.25, -0.2) is 9.67 Å². The molecule has 3 aromatic rings. The number of rotatable bonds is 5. The fourth-order valence-corrected chi connectivity index (χ4v) is 5.90. The summed E-state index contributed by atoms with van der Waals surface area (Å²) in [7, 11) is 0. The van der Waals surface area contributed by atoms with Gasteiger partial charge in [-0.3, -0.25) is 10.6 Å². The van der Waals surface area contributed by atoms with Gasteiger partial charge >= 0.3 is 6.18 Å². The molecule has 5 rings (SSSR count). The number of halogens is 3. The minimum atomic E-state index is -4.44. The highest BCUT2D eigenvalue weighted by Crippen LogP contribution is 2.32. The van der Waals surface area contributed by atoms with Crippen molar-refractivity contribution in [1.82, 2.24) is 30.3 Å². The standard InChI is InChI=1S/C26H28F3N7S/c1-17-13-23(26(27,28)29)34-36(17)12-11-35-9-6-19(7-10-35)25-33-22(16-37-25)24-31-14-20-4-2-3-18(5-8-30)21(20)15-32-24/h2-4,11-13,16,19,24,31-32H,5-7,9-10,14-15H2,1H3. The van der Waals surface area contributed by atoms with Gasteiger partial charge in [-0.1, -0.05) is 18.2 Å². The van der Waals surface area contributed by atoms with Crippen LogP contribution in [0.4, 0.5) is 13.2 Å². The van der Waals surface area contributed by atoms with Crippen molar-refractivity contribution < 1.29 is 13.2 Å². The Balaban J connectivity index is 1.17. The number of nitrogens with one attached hydrogen (secondary N) is 2. The monoisotopic (exact) mass is 527 g/mol. The van der Waals surface area contributed by atoms with Gasteiger partial charge in [-0.2, -0.15) is 23.5 Å². The molecule has 2 aliphatic rings. The number of hydrogen-bond donors (Lipinski definition) is 2. The van der Waals surface area contributed by atoms with Crippen LogP contribution in [0.2, 0.25) is 0 Å². The molecule has 0 aliphatic carbocycles. The maximum absolute atomic E-state index is 12.9. The molecule has 2 N–H and O–H groups in total. The molecule has 1 aromatic carbocycles. The minimum absolute atomic E-state index is 0.0609. The third-order valence-electron chi connectivity index (χ3n) is 6.97. The van der Waals surface area contributed by atoms with Crippen LogP contribution in [0, 0.1) is 18.3 Å². The van der Waals surface area contributed by atoms with Crippen molar-refractivity contribution in [2.75, 3.05) is 13.1 Å². The molecule has 37 heavy (non-hydrogen) atoms. The van der Waals surface area contributed by atoms with Gasteiger partial charge in [0, 0.05) is 55.6 Å². The normalized spacial score (nSPS) is 19.1. The number of nitriles is 1. The van der Waals surface area contributed by atoms with Crippen LogP contribution in [-0.4, -0.2) is 32.8 Å². The van der Waals surface area contributed by atoms with Gasteiger partial charge < -0.3 is 4.90 Å². The van der Waals surface area contributed by atoms with E-state index in [-0.39, 0.29) is 6.17 Å². The van der Waals surface area contributed by atoms with Gasteiger partial charge in [-0.05, 0) is 42.5 Å². The van der Waals surface area contributed by atoms with Gasteiger partial charge in [0.25, 0.3) is 0 Å². The Morgan fingerprint density at radius 3 is 2.70 bits per heavy atom. The zero-order valence-electron chi connectivity index (χ0n) is 20.4. The quantitative estimate of drug-likeness (QED) is 0.490. The van der Waals surface area contributed by atoms with Crippen molar-refractivity contribution in [2.24, 2.45) is 0 Å². The van der Waals surface area contributed by atoms with Crippen LogP contribution < -0.4 is 10.6 Å².